The first-order chi connectivity index (χ1) is 22.8. The number of piperazine rings is 1. The van der Waals surface area contributed by atoms with Crippen molar-refractivity contribution < 1.29 is 28.8 Å². The van der Waals surface area contributed by atoms with Gasteiger partial charge in [-0.05, 0) is 62.6 Å². The van der Waals surface area contributed by atoms with Crippen molar-refractivity contribution in [2.75, 3.05) is 66.7 Å². The van der Waals surface area contributed by atoms with E-state index in [4.69, 9.17) is 30.5 Å². The number of ether oxygens (including phenoxy) is 4. The van der Waals surface area contributed by atoms with Crippen LogP contribution in [-0.2, 0) is 27.1 Å². The summed E-state index contributed by atoms with van der Waals surface area (Å²) in [4.78, 5) is 28.8. The second-order valence-corrected chi connectivity index (χ2v) is 13.1. The minimum atomic E-state index is -1.05. The third-order valence-corrected chi connectivity index (χ3v) is 9.99. The maximum absolute atomic E-state index is 13.2. The van der Waals surface area contributed by atoms with E-state index in [1.807, 2.05) is 19.1 Å². The molecular weight excluding hydrogens is 640 g/mol. The molecule has 1 saturated heterocycles. The minimum Gasteiger partial charge on any atom is -0.508 e. The van der Waals surface area contributed by atoms with Crippen molar-refractivity contribution in [1.82, 2.24) is 19.8 Å². The van der Waals surface area contributed by atoms with E-state index in [0.29, 0.717) is 34.9 Å². The van der Waals surface area contributed by atoms with Crippen molar-refractivity contribution in [2.24, 2.45) is 0 Å². The van der Waals surface area contributed by atoms with Crippen molar-refractivity contribution in [3.63, 3.8) is 0 Å². The summed E-state index contributed by atoms with van der Waals surface area (Å²) in [7, 11) is 3.84. The molecule has 2 aromatic heterocycles. The summed E-state index contributed by atoms with van der Waals surface area (Å²) in [6.07, 6.45) is 2.03. The van der Waals surface area contributed by atoms with Crippen molar-refractivity contribution in [3.05, 3.63) is 63.8 Å². The average molecular weight is 683 g/mol. The van der Waals surface area contributed by atoms with E-state index in [1.165, 1.54) is 6.33 Å². The second kappa shape index (κ2) is 16.6. The van der Waals surface area contributed by atoms with Crippen molar-refractivity contribution in [3.8, 4) is 28.5 Å². The minimum absolute atomic E-state index is 0.0750. The molecular formula is C35H43ClN4O6S. The van der Waals surface area contributed by atoms with Crippen LogP contribution in [0.3, 0.4) is 0 Å². The fourth-order valence-corrected chi connectivity index (χ4v) is 7.11. The first-order valence-electron chi connectivity index (χ1n) is 16.0. The predicted octanol–water partition coefficient (Wildman–Crippen LogP) is 5.78. The van der Waals surface area contributed by atoms with Gasteiger partial charge in [0.2, 0.25) is 12.0 Å². The number of esters is 1. The molecule has 0 aliphatic carbocycles. The van der Waals surface area contributed by atoms with Gasteiger partial charge in [0, 0.05) is 63.3 Å². The number of likely N-dealkylation sites (N-methyl/N-ethyl adjacent to an activating group) is 1. The molecule has 0 bridgehead atoms. The molecule has 3 heterocycles. The number of benzene rings is 2. The molecule has 1 aliphatic heterocycles. The number of rotatable bonds is 15. The zero-order chi connectivity index (χ0) is 33.3. The molecule has 0 amide bonds. The van der Waals surface area contributed by atoms with Gasteiger partial charge in [0.25, 0.3) is 0 Å². The molecule has 1 atom stereocenters. The van der Waals surface area contributed by atoms with Crippen molar-refractivity contribution >= 4 is 39.1 Å². The number of phenolic OH excluding ortho intramolecular Hbond substituents is 1. The molecule has 0 spiro atoms. The van der Waals surface area contributed by atoms with Crippen LogP contribution < -0.4 is 9.47 Å². The van der Waals surface area contributed by atoms with Gasteiger partial charge in [0.1, 0.15) is 29.3 Å². The van der Waals surface area contributed by atoms with Gasteiger partial charge in [0.05, 0.1) is 17.0 Å². The number of carbonyl (C=O) groups is 1. The number of hydrogen-bond acceptors (Lipinski definition) is 11. The number of phenols is 1. The number of carbonyl (C=O) groups excluding carboxylic acids is 1. The van der Waals surface area contributed by atoms with E-state index < -0.39 is 12.1 Å². The molecule has 1 N–H and O–H groups in total. The Morgan fingerprint density at radius 3 is 2.64 bits per heavy atom. The molecule has 0 saturated carbocycles. The van der Waals surface area contributed by atoms with E-state index >= 15 is 0 Å². The number of aryl methyl sites for hydroxylation is 1. The number of thiophene rings is 1. The largest absolute Gasteiger partial charge is 0.508 e. The van der Waals surface area contributed by atoms with Gasteiger partial charge in [-0.2, -0.15) is 0 Å². The highest BCUT2D eigenvalue weighted by Crippen LogP contribution is 2.46. The zero-order valence-corrected chi connectivity index (χ0v) is 29.0. The molecule has 1 fully saturated rings. The lowest BCUT2D eigenvalue weighted by atomic mass is 9.97. The molecule has 12 heteroatoms. The summed E-state index contributed by atoms with van der Waals surface area (Å²) >= 11 is 8.54. The quantitative estimate of drug-likeness (QED) is 0.122. The number of para-hydroxylation sites is 1. The summed E-state index contributed by atoms with van der Waals surface area (Å²) in [5, 5.41) is 11.7. The van der Waals surface area contributed by atoms with Crippen LogP contribution in [0.1, 0.15) is 29.3 Å². The summed E-state index contributed by atoms with van der Waals surface area (Å²) < 4.78 is 23.3. The second-order valence-electron chi connectivity index (χ2n) is 11.6. The van der Waals surface area contributed by atoms with Gasteiger partial charge in [-0.15, -0.1) is 11.3 Å². The molecule has 0 unspecified atom stereocenters. The van der Waals surface area contributed by atoms with E-state index in [9.17, 15) is 9.90 Å². The van der Waals surface area contributed by atoms with Crippen LogP contribution in [0.4, 0.5) is 0 Å². The maximum atomic E-state index is 13.2. The zero-order valence-electron chi connectivity index (χ0n) is 27.5. The summed E-state index contributed by atoms with van der Waals surface area (Å²) in [6, 6.07) is 10.8. The molecule has 1 aliphatic rings. The highest BCUT2D eigenvalue weighted by atomic mass is 35.5. The highest BCUT2D eigenvalue weighted by Gasteiger charge is 2.28. The van der Waals surface area contributed by atoms with Crippen LogP contribution >= 0.6 is 22.9 Å². The molecule has 47 heavy (non-hydrogen) atoms. The standard InChI is InChI=1S/C35H43ClN4O6S/c1-5-44-35(42)28(21-24-9-6-7-10-26(24)41)46-33-31-30(29(11-8-19-43-4)47-34(31)38-22-37-33)25-12-13-27(32(36)23(25)2)45-20-18-40-16-14-39(3)15-17-40/h6-7,9-10,12-13,22,28,41H,5,8,11,14-21H2,1-4H3/t28-/m1/s1. The van der Waals surface area contributed by atoms with Crippen molar-refractivity contribution in [2.45, 2.75) is 39.2 Å². The molecule has 252 valence electrons. The summed E-state index contributed by atoms with van der Waals surface area (Å²) in [6.45, 7) is 10.1. The fourth-order valence-electron chi connectivity index (χ4n) is 5.70. The van der Waals surface area contributed by atoms with E-state index in [0.717, 1.165) is 72.0 Å². The van der Waals surface area contributed by atoms with Crippen LogP contribution in [0.2, 0.25) is 5.02 Å². The summed E-state index contributed by atoms with van der Waals surface area (Å²) in [5.74, 6) is 0.430. The first-order valence-corrected chi connectivity index (χ1v) is 17.2. The van der Waals surface area contributed by atoms with E-state index in [1.54, 1.807) is 49.6 Å². The Morgan fingerprint density at radius 2 is 1.89 bits per heavy atom. The van der Waals surface area contributed by atoms with Gasteiger partial charge in [-0.3, -0.25) is 4.90 Å². The molecule has 4 aromatic rings. The number of hydrogen-bond donors (Lipinski definition) is 1. The molecule has 5 rings (SSSR count). The van der Waals surface area contributed by atoms with Crippen molar-refractivity contribution in [1.29, 1.82) is 0 Å². The Morgan fingerprint density at radius 1 is 1.11 bits per heavy atom. The number of aromatic nitrogens is 2. The van der Waals surface area contributed by atoms with Crippen LogP contribution in [0, 0.1) is 6.92 Å². The van der Waals surface area contributed by atoms with Crippen LogP contribution in [0.5, 0.6) is 17.4 Å². The Bertz CT molecular complexity index is 1660. The third-order valence-electron chi connectivity index (χ3n) is 8.36. The van der Waals surface area contributed by atoms with Crippen LogP contribution in [-0.4, -0.2) is 104 Å². The van der Waals surface area contributed by atoms with Gasteiger partial charge in [-0.1, -0.05) is 35.9 Å². The number of nitrogens with zero attached hydrogens (tertiary/aromatic N) is 4. The van der Waals surface area contributed by atoms with Crippen LogP contribution in [0.15, 0.2) is 42.7 Å². The maximum Gasteiger partial charge on any atom is 0.347 e. The smallest absolute Gasteiger partial charge is 0.347 e. The van der Waals surface area contributed by atoms with Gasteiger partial charge in [-0.25, -0.2) is 14.8 Å². The lowest BCUT2D eigenvalue weighted by molar-refractivity contribution is -0.151. The molecule has 10 nitrogen and oxygen atoms in total. The van der Waals surface area contributed by atoms with E-state index in [2.05, 4.69) is 26.8 Å². The lowest BCUT2D eigenvalue weighted by Gasteiger charge is -2.32. The predicted molar refractivity (Wildman–Crippen MR) is 185 cm³/mol. The van der Waals surface area contributed by atoms with Crippen LogP contribution in [0.25, 0.3) is 21.3 Å². The Labute approximate surface area is 285 Å². The Hall–Kier alpha value is -3.48. The number of aromatic hydroxyl groups is 1. The SMILES string of the molecule is CCOC(=O)[C@@H](Cc1ccccc1O)Oc1ncnc2sc(CCCOC)c(-c3ccc(OCCN4CCN(C)CC4)c(Cl)c3C)c12. The molecule has 2 aromatic carbocycles. The number of methoxy groups -OCH3 is 1. The topological polar surface area (TPSA) is 106 Å². The first kappa shape index (κ1) is 34.8. The monoisotopic (exact) mass is 682 g/mol. The van der Waals surface area contributed by atoms with E-state index in [-0.39, 0.29) is 24.7 Å². The van der Waals surface area contributed by atoms with Gasteiger partial charge < -0.3 is 29.0 Å². The number of fused-ring (bicyclic) bond motifs is 1. The summed E-state index contributed by atoms with van der Waals surface area (Å²) in [5.41, 5.74) is 3.24. The Balaban J connectivity index is 1.49. The lowest BCUT2D eigenvalue weighted by Crippen LogP contribution is -2.45. The Kier molecular flexibility index (Phi) is 12.3. The normalized spacial score (nSPS) is 14.7. The van der Waals surface area contributed by atoms with Gasteiger partial charge in [0.15, 0.2) is 0 Å². The number of halogens is 1. The average Bonchev–Trinajstić information content (AvgIpc) is 3.44. The molecule has 0 radical (unpaired) electrons. The fraction of sp³-hybridized carbons (Fsp3) is 0.457. The highest BCUT2D eigenvalue weighted by molar-refractivity contribution is 7.19. The van der Waals surface area contributed by atoms with Gasteiger partial charge >= 0.3 is 5.97 Å². The third kappa shape index (κ3) is 8.52.